The predicted octanol–water partition coefficient (Wildman–Crippen LogP) is 2.54. The van der Waals surface area contributed by atoms with E-state index in [0.717, 1.165) is 4.31 Å². The van der Waals surface area contributed by atoms with Crippen molar-refractivity contribution in [2.24, 2.45) is 0 Å². The first kappa shape index (κ1) is 21.7. The molecule has 1 N–H and O–H groups in total. The molecule has 1 heterocycles. The van der Waals surface area contributed by atoms with E-state index in [4.69, 9.17) is 27.9 Å². The number of hydrogen-bond acceptors (Lipinski definition) is 6. The third-order valence-corrected chi connectivity index (χ3v) is 6.79. The van der Waals surface area contributed by atoms with Gasteiger partial charge in [-0.25, -0.2) is 8.42 Å². The van der Waals surface area contributed by atoms with Crippen molar-refractivity contribution in [3.05, 3.63) is 64.1 Å². The summed E-state index contributed by atoms with van der Waals surface area (Å²) in [6, 6.07) is 10.4. The lowest BCUT2D eigenvalue weighted by Gasteiger charge is -2.22. The van der Waals surface area contributed by atoms with Gasteiger partial charge in [0.1, 0.15) is 6.04 Å². The number of aliphatic hydroxyl groups excluding tert-OH is 1. The topological polar surface area (TPSA) is 101 Å². The Morgan fingerprint density at radius 1 is 1.10 bits per heavy atom. The van der Waals surface area contributed by atoms with E-state index in [1.807, 2.05) is 0 Å². The summed E-state index contributed by atoms with van der Waals surface area (Å²) in [5.41, 5.74) is 0.266. The Morgan fingerprint density at radius 3 is 2.45 bits per heavy atom. The van der Waals surface area contributed by atoms with Crippen molar-refractivity contribution in [1.82, 2.24) is 4.31 Å². The Kier molecular flexibility index (Phi) is 6.60. The van der Waals surface area contributed by atoms with Crippen molar-refractivity contribution < 1.29 is 27.9 Å². The van der Waals surface area contributed by atoms with Crippen LogP contribution in [0.15, 0.2) is 53.4 Å². The van der Waals surface area contributed by atoms with Crippen LogP contribution in [-0.4, -0.2) is 54.9 Å². The van der Waals surface area contributed by atoms with Gasteiger partial charge in [-0.15, -0.1) is 0 Å². The molecule has 154 valence electrons. The second kappa shape index (κ2) is 8.81. The van der Waals surface area contributed by atoms with Gasteiger partial charge in [0.15, 0.2) is 12.4 Å². The summed E-state index contributed by atoms with van der Waals surface area (Å²) in [5.74, 6) is -1.39. The van der Waals surface area contributed by atoms with Crippen molar-refractivity contribution >= 4 is 45.0 Å². The Balaban J connectivity index is 1.73. The summed E-state index contributed by atoms with van der Waals surface area (Å²) in [5, 5.41) is 10.7. The molecule has 0 aromatic heterocycles. The van der Waals surface area contributed by atoms with Crippen molar-refractivity contribution in [2.45, 2.75) is 23.5 Å². The SMILES string of the molecule is O=C(COC(=O)[C@@H]1C[C@H](O)CN1S(=O)(=O)c1ccc(Cl)cc1)c1cccc(Cl)c1. The van der Waals surface area contributed by atoms with Crippen LogP contribution in [0.25, 0.3) is 0 Å². The van der Waals surface area contributed by atoms with E-state index < -0.39 is 40.5 Å². The quantitative estimate of drug-likeness (QED) is 0.528. The van der Waals surface area contributed by atoms with Crippen molar-refractivity contribution in [3.8, 4) is 0 Å². The zero-order valence-corrected chi connectivity index (χ0v) is 17.3. The number of β-amino-alcohol motifs (C(OH)–C–C–N with tert-alkyl or cyclic N) is 1. The molecule has 0 bridgehead atoms. The number of aliphatic hydroxyl groups is 1. The molecule has 0 amide bonds. The Morgan fingerprint density at radius 2 is 1.79 bits per heavy atom. The fourth-order valence-electron chi connectivity index (χ4n) is 2.98. The highest BCUT2D eigenvalue weighted by atomic mass is 35.5. The van der Waals surface area contributed by atoms with E-state index in [9.17, 15) is 23.1 Å². The highest BCUT2D eigenvalue weighted by Crippen LogP contribution is 2.28. The highest BCUT2D eigenvalue weighted by Gasteiger charge is 2.44. The predicted molar refractivity (Wildman–Crippen MR) is 106 cm³/mol. The van der Waals surface area contributed by atoms with Gasteiger partial charge in [0.05, 0.1) is 11.0 Å². The summed E-state index contributed by atoms with van der Waals surface area (Å²) in [6.45, 7) is -0.826. The second-order valence-corrected chi connectivity index (χ2v) is 9.24. The number of nitrogens with zero attached hydrogens (tertiary/aromatic N) is 1. The van der Waals surface area contributed by atoms with Gasteiger partial charge >= 0.3 is 5.97 Å². The molecular formula is C19H17Cl2NO6S. The highest BCUT2D eigenvalue weighted by molar-refractivity contribution is 7.89. The lowest BCUT2D eigenvalue weighted by molar-refractivity contribution is -0.146. The standard InChI is InChI=1S/C19H17Cl2NO6S/c20-13-4-6-16(7-5-13)29(26,27)22-10-15(23)9-17(22)19(25)28-11-18(24)12-2-1-3-14(21)8-12/h1-8,15,17,23H,9-11H2/t15-,17-/m0/s1. The minimum Gasteiger partial charge on any atom is -0.456 e. The van der Waals surface area contributed by atoms with E-state index in [2.05, 4.69) is 0 Å². The number of rotatable bonds is 6. The minimum absolute atomic E-state index is 0.0659. The third-order valence-electron chi connectivity index (χ3n) is 4.42. The molecule has 1 aliphatic heterocycles. The Hall–Kier alpha value is -1.97. The van der Waals surface area contributed by atoms with E-state index in [0.29, 0.717) is 10.0 Å². The van der Waals surface area contributed by atoms with E-state index in [1.54, 1.807) is 12.1 Å². The number of ketones is 1. The number of carbonyl (C=O) groups is 2. The van der Waals surface area contributed by atoms with E-state index in [-0.39, 0.29) is 23.4 Å². The van der Waals surface area contributed by atoms with Crippen molar-refractivity contribution in [2.75, 3.05) is 13.2 Å². The number of hydrogen-bond donors (Lipinski definition) is 1. The summed E-state index contributed by atoms with van der Waals surface area (Å²) in [6.07, 6.45) is -1.16. The van der Waals surface area contributed by atoms with Crippen LogP contribution < -0.4 is 0 Å². The molecule has 2 atom stereocenters. The lowest BCUT2D eigenvalue weighted by atomic mass is 10.1. The first-order chi connectivity index (χ1) is 13.7. The third kappa shape index (κ3) is 4.96. The summed E-state index contributed by atoms with van der Waals surface area (Å²) in [7, 11) is -4.07. The summed E-state index contributed by atoms with van der Waals surface area (Å²) in [4.78, 5) is 24.6. The molecule has 0 radical (unpaired) electrons. The summed E-state index contributed by atoms with van der Waals surface area (Å²) < 4.78 is 31.7. The number of benzene rings is 2. The average Bonchev–Trinajstić information content (AvgIpc) is 3.09. The van der Waals surface area contributed by atoms with Crippen molar-refractivity contribution in [1.29, 1.82) is 0 Å². The molecule has 1 fully saturated rings. The first-order valence-electron chi connectivity index (χ1n) is 8.59. The van der Waals surface area contributed by atoms with E-state index in [1.165, 1.54) is 36.4 Å². The maximum Gasteiger partial charge on any atom is 0.325 e. The number of Topliss-reactive ketones (excluding diaryl/α,β-unsaturated/α-hetero) is 1. The van der Waals surface area contributed by atoms with Gasteiger partial charge in [0.25, 0.3) is 0 Å². The molecule has 10 heteroatoms. The van der Waals surface area contributed by atoms with E-state index >= 15 is 0 Å². The maximum atomic E-state index is 12.9. The van der Waals surface area contributed by atoms with Gasteiger partial charge in [0, 0.05) is 28.6 Å². The molecule has 1 aliphatic rings. The molecule has 0 saturated carbocycles. The Bertz CT molecular complexity index is 1030. The molecule has 7 nitrogen and oxygen atoms in total. The monoisotopic (exact) mass is 457 g/mol. The van der Waals surface area contributed by atoms with Crippen LogP contribution in [0.3, 0.4) is 0 Å². The van der Waals surface area contributed by atoms with Gasteiger partial charge < -0.3 is 9.84 Å². The fourth-order valence-corrected chi connectivity index (χ4v) is 4.93. The van der Waals surface area contributed by atoms with Gasteiger partial charge in [-0.3, -0.25) is 9.59 Å². The second-order valence-electron chi connectivity index (χ2n) is 6.48. The first-order valence-corrected chi connectivity index (χ1v) is 10.8. The molecule has 29 heavy (non-hydrogen) atoms. The maximum absolute atomic E-state index is 12.9. The van der Waals surface area contributed by atoms with Crippen LogP contribution in [-0.2, 0) is 19.6 Å². The van der Waals surface area contributed by atoms with Gasteiger partial charge in [-0.1, -0.05) is 35.3 Å². The summed E-state index contributed by atoms with van der Waals surface area (Å²) >= 11 is 11.6. The van der Waals surface area contributed by atoms with Crippen LogP contribution in [0.4, 0.5) is 0 Å². The van der Waals surface area contributed by atoms with Crippen LogP contribution in [0.1, 0.15) is 16.8 Å². The molecule has 0 aliphatic carbocycles. The fraction of sp³-hybridized carbons (Fsp3) is 0.263. The molecule has 0 unspecified atom stereocenters. The number of sulfonamides is 1. The zero-order valence-electron chi connectivity index (χ0n) is 15.0. The van der Waals surface area contributed by atoms with Gasteiger partial charge in [-0.2, -0.15) is 4.31 Å². The smallest absolute Gasteiger partial charge is 0.325 e. The van der Waals surface area contributed by atoms with Gasteiger partial charge in [-0.05, 0) is 36.4 Å². The van der Waals surface area contributed by atoms with Crippen LogP contribution in [0, 0.1) is 0 Å². The number of carbonyl (C=O) groups excluding carboxylic acids is 2. The lowest BCUT2D eigenvalue weighted by Crippen LogP contribution is -2.41. The van der Waals surface area contributed by atoms with Crippen LogP contribution in [0.2, 0.25) is 10.0 Å². The van der Waals surface area contributed by atoms with Crippen LogP contribution in [0.5, 0.6) is 0 Å². The molecular weight excluding hydrogens is 441 g/mol. The minimum atomic E-state index is -4.07. The van der Waals surface area contributed by atoms with Crippen LogP contribution >= 0.6 is 23.2 Å². The normalized spacial score (nSPS) is 19.8. The molecule has 0 spiro atoms. The molecule has 2 aromatic rings. The average molecular weight is 458 g/mol. The number of halogens is 2. The zero-order chi connectivity index (χ0) is 21.2. The molecule has 3 rings (SSSR count). The van der Waals surface area contributed by atoms with Gasteiger partial charge in [0.2, 0.25) is 10.0 Å². The number of ether oxygens (including phenoxy) is 1. The largest absolute Gasteiger partial charge is 0.456 e. The van der Waals surface area contributed by atoms with Crippen molar-refractivity contribution in [3.63, 3.8) is 0 Å². The Labute approximate surface area is 177 Å². The number of esters is 1. The molecule has 2 aromatic carbocycles. The molecule has 1 saturated heterocycles.